The van der Waals surface area contributed by atoms with E-state index in [0.29, 0.717) is 31.1 Å². The van der Waals surface area contributed by atoms with Gasteiger partial charge in [0.2, 0.25) is 0 Å². The second-order valence-corrected chi connectivity index (χ2v) is 15.6. The summed E-state index contributed by atoms with van der Waals surface area (Å²) in [7, 11) is 0. The molecule has 0 spiro atoms. The van der Waals surface area contributed by atoms with Crippen LogP contribution in [0.3, 0.4) is 0 Å². The highest BCUT2D eigenvalue weighted by molar-refractivity contribution is 5.25. The second-order valence-electron chi connectivity index (χ2n) is 15.6. The topological polar surface area (TPSA) is 90.2 Å². The van der Waals surface area contributed by atoms with Gasteiger partial charge in [-0.1, -0.05) is 34.6 Å². The first-order valence-electron chi connectivity index (χ1n) is 14.4. The van der Waals surface area contributed by atoms with Gasteiger partial charge in [-0.15, -0.1) is 0 Å². The Labute approximate surface area is 213 Å². The highest BCUT2D eigenvalue weighted by Crippen LogP contribution is 2.76. The smallest absolute Gasteiger partial charge is 0.0991 e. The average molecular weight is 493 g/mol. The van der Waals surface area contributed by atoms with Gasteiger partial charge in [0.15, 0.2) is 0 Å². The Bertz CT molecular complexity index is 865. The SMILES string of the molecule is CC(C)(O)[C@H]1CC[C@@](C)([C@@]2(O)CC[C@]3(C)[C@H]2[C@H](O)C[C@H]2[C@@]4(C)CC[C@@H](O)C(C)(C)[C@@H]4CC[C@]23C)O1. The lowest BCUT2D eigenvalue weighted by atomic mass is 9.35. The summed E-state index contributed by atoms with van der Waals surface area (Å²) in [6.07, 6.45) is 6.50. The average Bonchev–Trinajstić information content (AvgIpc) is 3.29. The monoisotopic (exact) mass is 492 g/mol. The number of hydrogen-bond acceptors (Lipinski definition) is 5. The van der Waals surface area contributed by atoms with E-state index in [9.17, 15) is 20.4 Å². The van der Waals surface area contributed by atoms with E-state index in [1.165, 1.54) is 0 Å². The molecule has 0 bridgehead atoms. The Morgan fingerprint density at radius 2 is 1.43 bits per heavy atom. The molecule has 0 amide bonds. The Balaban J connectivity index is 1.52. The summed E-state index contributed by atoms with van der Waals surface area (Å²) in [4.78, 5) is 0. The number of ether oxygens (including phenoxy) is 1. The molecule has 4 saturated carbocycles. The van der Waals surface area contributed by atoms with Crippen molar-refractivity contribution >= 4 is 0 Å². The van der Waals surface area contributed by atoms with Crippen LogP contribution in [0.25, 0.3) is 0 Å². The minimum atomic E-state index is -1.12. The summed E-state index contributed by atoms with van der Waals surface area (Å²) in [5.74, 6) is 0.553. The highest BCUT2D eigenvalue weighted by atomic mass is 16.5. The summed E-state index contributed by atoms with van der Waals surface area (Å²) in [6, 6.07) is 0. The first-order valence-corrected chi connectivity index (χ1v) is 14.4. The Hall–Kier alpha value is -0.200. The molecular formula is C30H52O5. The predicted octanol–water partition coefficient (Wildman–Crippen LogP) is 4.83. The third-order valence-electron chi connectivity index (χ3n) is 13.4. The van der Waals surface area contributed by atoms with Crippen molar-refractivity contribution in [3.63, 3.8) is 0 Å². The molecule has 1 aliphatic heterocycles. The summed E-state index contributed by atoms with van der Waals surface area (Å²) in [6.45, 7) is 17.3. The second kappa shape index (κ2) is 7.46. The lowest BCUT2D eigenvalue weighted by Crippen LogP contribution is -2.69. The van der Waals surface area contributed by atoms with Crippen LogP contribution in [0.2, 0.25) is 0 Å². The Morgan fingerprint density at radius 1 is 0.771 bits per heavy atom. The highest BCUT2D eigenvalue weighted by Gasteiger charge is 2.75. The molecule has 0 unspecified atom stereocenters. The lowest BCUT2D eigenvalue weighted by molar-refractivity contribution is -0.277. The van der Waals surface area contributed by atoms with Gasteiger partial charge in [0, 0.05) is 5.92 Å². The molecule has 5 nitrogen and oxygen atoms in total. The summed E-state index contributed by atoms with van der Waals surface area (Å²) < 4.78 is 6.52. The Morgan fingerprint density at radius 3 is 2.03 bits per heavy atom. The summed E-state index contributed by atoms with van der Waals surface area (Å²) in [5, 5.41) is 45.9. The van der Waals surface area contributed by atoms with Crippen LogP contribution in [-0.2, 0) is 4.74 Å². The van der Waals surface area contributed by atoms with Gasteiger partial charge in [0.25, 0.3) is 0 Å². The van der Waals surface area contributed by atoms with Crippen LogP contribution in [0.15, 0.2) is 0 Å². The molecule has 0 radical (unpaired) electrons. The van der Waals surface area contributed by atoms with Crippen LogP contribution < -0.4 is 0 Å². The van der Waals surface area contributed by atoms with E-state index in [1.807, 2.05) is 6.92 Å². The molecule has 202 valence electrons. The molecule has 5 fully saturated rings. The maximum atomic E-state index is 12.5. The van der Waals surface area contributed by atoms with E-state index in [2.05, 4.69) is 34.6 Å². The van der Waals surface area contributed by atoms with Crippen LogP contribution in [0.1, 0.15) is 113 Å². The zero-order chi connectivity index (χ0) is 26.0. The van der Waals surface area contributed by atoms with Gasteiger partial charge in [-0.25, -0.2) is 0 Å². The molecule has 0 aromatic carbocycles. The molecule has 0 aromatic rings. The van der Waals surface area contributed by atoms with E-state index >= 15 is 0 Å². The number of aliphatic hydroxyl groups is 4. The maximum Gasteiger partial charge on any atom is 0.0991 e. The van der Waals surface area contributed by atoms with Gasteiger partial charge < -0.3 is 25.2 Å². The fourth-order valence-electron chi connectivity index (χ4n) is 11.1. The first kappa shape index (κ1) is 26.4. The summed E-state index contributed by atoms with van der Waals surface area (Å²) >= 11 is 0. The quantitative estimate of drug-likeness (QED) is 0.443. The third-order valence-corrected chi connectivity index (χ3v) is 13.4. The van der Waals surface area contributed by atoms with Crippen molar-refractivity contribution in [1.29, 1.82) is 0 Å². The molecule has 0 aromatic heterocycles. The van der Waals surface area contributed by atoms with E-state index in [4.69, 9.17) is 4.74 Å². The van der Waals surface area contributed by atoms with Crippen molar-refractivity contribution < 1.29 is 25.2 Å². The molecule has 35 heavy (non-hydrogen) atoms. The van der Waals surface area contributed by atoms with E-state index in [1.54, 1.807) is 13.8 Å². The van der Waals surface area contributed by atoms with Crippen molar-refractivity contribution in [2.75, 3.05) is 0 Å². The normalized spacial score (nSPS) is 57.9. The van der Waals surface area contributed by atoms with Crippen LogP contribution >= 0.6 is 0 Å². The number of fused-ring (bicyclic) bond motifs is 5. The Kier molecular flexibility index (Phi) is 5.63. The lowest BCUT2D eigenvalue weighted by Gasteiger charge is -2.71. The molecule has 4 N–H and O–H groups in total. The van der Waals surface area contributed by atoms with E-state index in [-0.39, 0.29) is 39.8 Å². The summed E-state index contributed by atoms with van der Waals surface area (Å²) in [5.41, 5.74) is -3.08. The number of hydrogen-bond donors (Lipinski definition) is 4. The van der Waals surface area contributed by atoms with Crippen LogP contribution in [0, 0.1) is 39.4 Å². The zero-order valence-electron chi connectivity index (χ0n) is 23.5. The van der Waals surface area contributed by atoms with Crippen LogP contribution in [-0.4, -0.2) is 55.5 Å². The predicted molar refractivity (Wildman–Crippen MR) is 137 cm³/mol. The molecule has 1 heterocycles. The molecule has 5 rings (SSSR count). The van der Waals surface area contributed by atoms with Gasteiger partial charge in [0.05, 0.1) is 35.1 Å². The third kappa shape index (κ3) is 3.17. The van der Waals surface area contributed by atoms with Gasteiger partial charge in [-0.3, -0.25) is 0 Å². The first-order chi connectivity index (χ1) is 15.9. The van der Waals surface area contributed by atoms with Crippen molar-refractivity contribution in [3.05, 3.63) is 0 Å². The molecule has 5 heteroatoms. The van der Waals surface area contributed by atoms with Crippen LogP contribution in [0.5, 0.6) is 0 Å². The molecule has 4 aliphatic carbocycles. The van der Waals surface area contributed by atoms with Crippen LogP contribution in [0.4, 0.5) is 0 Å². The maximum absolute atomic E-state index is 12.5. The van der Waals surface area contributed by atoms with E-state index in [0.717, 1.165) is 38.5 Å². The van der Waals surface area contributed by atoms with Crippen molar-refractivity contribution in [1.82, 2.24) is 0 Å². The molecule has 11 atom stereocenters. The van der Waals surface area contributed by atoms with Gasteiger partial charge in [0.1, 0.15) is 0 Å². The standard InChI is InChI=1S/C30H52O5/c1-24(2)19-9-13-27(6)20(26(19,5)12-10-21(24)32)17-18(31)23-28(27,7)15-16-30(23,34)29(8)14-11-22(35-29)25(3,4)33/h18-23,31-34H,9-17H2,1-8H3/t18-,19+,20+,21-,22-,23-,26+,27-,28-,29+,30-/m1/s1. The van der Waals surface area contributed by atoms with Gasteiger partial charge >= 0.3 is 0 Å². The fraction of sp³-hybridized carbons (Fsp3) is 1.00. The van der Waals surface area contributed by atoms with Crippen molar-refractivity contribution in [2.24, 2.45) is 39.4 Å². The molecule has 1 saturated heterocycles. The largest absolute Gasteiger partial charge is 0.393 e. The zero-order valence-corrected chi connectivity index (χ0v) is 23.5. The molecular weight excluding hydrogens is 440 g/mol. The number of aliphatic hydroxyl groups excluding tert-OH is 2. The fourth-order valence-corrected chi connectivity index (χ4v) is 11.1. The minimum Gasteiger partial charge on any atom is -0.393 e. The van der Waals surface area contributed by atoms with Crippen molar-refractivity contribution in [3.8, 4) is 0 Å². The molecule has 5 aliphatic rings. The van der Waals surface area contributed by atoms with E-state index < -0.39 is 22.9 Å². The number of rotatable bonds is 2. The van der Waals surface area contributed by atoms with Gasteiger partial charge in [-0.2, -0.15) is 0 Å². The van der Waals surface area contributed by atoms with Crippen molar-refractivity contribution in [2.45, 2.75) is 148 Å². The van der Waals surface area contributed by atoms with Gasteiger partial charge in [-0.05, 0) is 112 Å². The minimum absolute atomic E-state index is 0.00954.